The number of anilines is 1. The van der Waals surface area contributed by atoms with Crippen LogP contribution in [0.15, 0.2) is 78.9 Å². The maximum atomic E-state index is 12.5. The fourth-order valence-electron chi connectivity index (χ4n) is 11.8. The Hall–Kier alpha value is -5.39. The second-order valence-electron chi connectivity index (χ2n) is 19.1. The lowest BCUT2D eigenvalue weighted by atomic mass is 9.69. The van der Waals surface area contributed by atoms with Gasteiger partial charge in [0.2, 0.25) is 11.8 Å². The van der Waals surface area contributed by atoms with Crippen molar-refractivity contribution in [1.29, 1.82) is 0 Å². The molecule has 2 unspecified atom stereocenters. The topological polar surface area (TPSA) is 130 Å². The Labute approximate surface area is 370 Å². The van der Waals surface area contributed by atoms with E-state index in [1.165, 1.54) is 39.9 Å². The first kappa shape index (κ1) is 41.6. The zero-order chi connectivity index (χ0) is 43.1. The molecule has 6 heterocycles. The summed E-state index contributed by atoms with van der Waals surface area (Å²) in [7, 11) is 1.66. The number of nitrogens with one attached hydrogen (secondary N) is 2. The van der Waals surface area contributed by atoms with Crippen molar-refractivity contribution >= 4 is 23.4 Å². The van der Waals surface area contributed by atoms with Crippen molar-refractivity contribution in [3.05, 3.63) is 118 Å². The highest BCUT2D eigenvalue weighted by Crippen LogP contribution is 2.52. The van der Waals surface area contributed by atoms with Crippen LogP contribution in [0, 0.1) is 5.92 Å². The van der Waals surface area contributed by atoms with Gasteiger partial charge in [0.05, 0.1) is 31.5 Å². The number of methoxy groups -OCH3 is 1. The third kappa shape index (κ3) is 8.19. The van der Waals surface area contributed by atoms with Gasteiger partial charge in [-0.1, -0.05) is 48.5 Å². The number of benzene rings is 4. The summed E-state index contributed by atoms with van der Waals surface area (Å²) in [4.78, 5) is 38.4. The van der Waals surface area contributed by atoms with Gasteiger partial charge in [-0.05, 0) is 135 Å². The van der Waals surface area contributed by atoms with Gasteiger partial charge >= 0.3 is 0 Å². The number of hydrogen-bond acceptors (Lipinski definition) is 9. The van der Waals surface area contributed by atoms with E-state index in [9.17, 15) is 19.5 Å². The van der Waals surface area contributed by atoms with Crippen molar-refractivity contribution in [2.24, 2.45) is 5.92 Å². The predicted octanol–water partition coefficient (Wildman–Crippen LogP) is 7.51. The highest BCUT2D eigenvalue weighted by molar-refractivity contribution is 6.02. The van der Waals surface area contributed by atoms with Gasteiger partial charge in [-0.15, -0.1) is 0 Å². The van der Waals surface area contributed by atoms with Crippen LogP contribution in [0.2, 0.25) is 0 Å². The number of aryl methyl sites for hydroxylation is 1. The van der Waals surface area contributed by atoms with Crippen LogP contribution in [0.4, 0.5) is 5.69 Å². The quantitative estimate of drug-likeness (QED) is 0.169. The number of piperidine rings is 3. The third-order valence-corrected chi connectivity index (χ3v) is 15.4. The number of carbonyl (C=O) groups excluding carboxylic acids is 3. The molecule has 63 heavy (non-hydrogen) atoms. The SMILES string of the molecule is COc1cc2c(c3c1C(=O)NC3)OCC21CCN(C[C@@H]2CCC3(CCN(c4ccc(C5c6ccc(O)cc6CCC5c5ccccc5)cc4)CC3)OC2)CC1.O=C1CCCC(=O)N1. The van der Waals surface area contributed by atoms with Crippen LogP contribution >= 0.6 is 0 Å². The predicted molar refractivity (Wildman–Crippen MR) is 241 cm³/mol. The van der Waals surface area contributed by atoms with E-state index in [1.54, 1.807) is 7.11 Å². The summed E-state index contributed by atoms with van der Waals surface area (Å²) in [5, 5.41) is 15.4. The third-order valence-electron chi connectivity index (χ3n) is 15.4. The van der Waals surface area contributed by atoms with Crippen LogP contribution in [-0.4, -0.2) is 86.4 Å². The van der Waals surface area contributed by atoms with Crippen LogP contribution in [-0.2, 0) is 32.7 Å². The summed E-state index contributed by atoms with van der Waals surface area (Å²) in [6.07, 6.45) is 10.4. The zero-order valence-electron chi connectivity index (χ0n) is 36.5. The number of fused-ring (bicyclic) bond motifs is 5. The van der Waals surface area contributed by atoms with E-state index in [2.05, 4.69) is 87.2 Å². The molecule has 11 heteroatoms. The van der Waals surface area contributed by atoms with Gasteiger partial charge in [-0.3, -0.25) is 19.7 Å². The molecule has 4 aromatic rings. The summed E-state index contributed by atoms with van der Waals surface area (Å²) in [5.74, 6) is 2.87. The number of amides is 3. The maximum Gasteiger partial charge on any atom is 0.255 e. The summed E-state index contributed by atoms with van der Waals surface area (Å²) >= 11 is 0. The van der Waals surface area contributed by atoms with Crippen molar-refractivity contribution in [3.8, 4) is 17.2 Å². The smallest absolute Gasteiger partial charge is 0.255 e. The summed E-state index contributed by atoms with van der Waals surface area (Å²) in [6, 6.07) is 28.4. The van der Waals surface area contributed by atoms with Gasteiger partial charge in [0, 0.05) is 67.2 Å². The van der Waals surface area contributed by atoms with E-state index in [0.29, 0.717) is 61.3 Å². The molecule has 11 nitrogen and oxygen atoms in total. The van der Waals surface area contributed by atoms with Crippen molar-refractivity contribution < 1.29 is 33.7 Å². The van der Waals surface area contributed by atoms with Crippen molar-refractivity contribution in [2.75, 3.05) is 57.9 Å². The normalized spacial score (nSPS) is 24.6. The Morgan fingerprint density at radius 2 is 1.59 bits per heavy atom. The molecule has 0 radical (unpaired) electrons. The fraction of sp³-hybridized carbons (Fsp3) is 0.481. The summed E-state index contributed by atoms with van der Waals surface area (Å²) < 4.78 is 18.8. The maximum absolute atomic E-state index is 12.5. The van der Waals surface area contributed by atoms with E-state index in [-0.39, 0.29) is 34.7 Å². The van der Waals surface area contributed by atoms with Crippen LogP contribution in [0.5, 0.6) is 17.2 Å². The number of aromatic hydroxyl groups is 1. The molecule has 11 rings (SSSR count). The number of imide groups is 1. The van der Waals surface area contributed by atoms with Crippen LogP contribution in [0.25, 0.3) is 0 Å². The first-order valence-electron chi connectivity index (χ1n) is 23.3. The minimum atomic E-state index is -0.138. The van der Waals surface area contributed by atoms with Crippen molar-refractivity contribution in [3.63, 3.8) is 0 Å². The lowest BCUT2D eigenvalue weighted by Crippen LogP contribution is -2.51. The largest absolute Gasteiger partial charge is 0.508 e. The van der Waals surface area contributed by atoms with Gasteiger partial charge in [0.1, 0.15) is 17.2 Å². The molecule has 330 valence electrons. The first-order chi connectivity index (χ1) is 30.7. The molecule has 4 saturated heterocycles. The van der Waals surface area contributed by atoms with E-state index in [4.69, 9.17) is 14.2 Å². The second-order valence-corrected chi connectivity index (χ2v) is 19.1. The van der Waals surface area contributed by atoms with E-state index >= 15 is 0 Å². The number of nitrogens with zero attached hydrogens (tertiary/aromatic N) is 2. The lowest BCUT2D eigenvalue weighted by Gasteiger charge is -2.47. The minimum absolute atomic E-state index is 0.00203. The number of hydrogen-bond donors (Lipinski definition) is 3. The molecule has 0 aromatic heterocycles. The molecular formula is C52H60N4O7. The highest BCUT2D eigenvalue weighted by atomic mass is 16.5. The molecular weight excluding hydrogens is 793 g/mol. The molecule has 0 saturated carbocycles. The molecule has 4 aromatic carbocycles. The Kier molecular flexibility index (Phi) is 11.4. The Morgan fingerprint density at radius 1 is 0.825 bits per heavy atom. The van der Waals surface area contributed by atoms with Crippen LogP contribution in [0.1, 0.15) is 120 Å². The van der Waals surface area contributed by atoms with Gasteiger partial charge in [0.25, 0.3) is 5.91 Å². The molecule has 2 spiro atoms. The Balaban J connectivity index is 0.000000533. The molecule has 7 aliphatic rings. The van der Waals surface area contributed by atoms with Gasteiger partial charge in [0.15, 0.2) is 0 Å². The van der Waals surface area contributed by atoms with Gasteiger partial charge in [-0.2, -0.15) is 0 Å². The number of carbonyl (C=O) groups is 3. The first-order valence-corrected chi connectivity index (χ1v) is 23.3. The zero-order valence-corrected chi connectivity index (χ0v) is 36.5. The standard InChI is InChI=1S/C47H53N3O5.C5H7NO2/c1-53-41-26-40-44(39-27-48-45(52)43(39)41)54-30-46(40)17-21-49(22-18-46)28-31-15-16-47(55-29-31)19-23-50(24-20-47)35-10-7-33(8-11-35)42-37(32-5-3-2-4-6-32)13-9-34-25-36(51)12-14-38(34)42;7-4-2-1-3-5(8)6-4/h2-8,10-12,14,25-26,31,37,42,51H,9,13,15-24,27-30H2,1H3,(H,48,52);1-3H2,(H,6,7,8)/t31-,37?,42?;/m0./s1. The average molecular weight is 853 g/mol. The Morgan fingerprint density at radius 3 is 2.27 bits per heavy atom. The molecule has 3 atom stereocenters. The summed E-state index contributed by atoms with van der Waals surface area (Å²) in [6.45, 7) is 7.32. The van der Waals surface area contributed by atoms with Crippen molar-refractivity contribution in [2.45, 2.75) is 100 Å². The van der Waals surface area contributed by atoms with Crippen molar-refractivity contribution in [1.82, 2.24) is 15.5 Å². The average Bonchev–Trinajstić information content (AvgIpc) is 3.88. The lowest BCUT2D eigenvalue weighted by molar-refractivity contribution is -0.133. The molecule has 4 fully saturated rings. The minimum Gasteiger partial charge on any atom is -0.508 e. The molecule has 3 N–H and O–H groups in total. The van der Waals surface area contributed by atoms with E-state index in [0.717, 1.165) is 95.6 Å². The Bertz CT molecular complexity index is 2330. The van der Waals surface area contributed by atoms with Crippen LogP contribution in [0.3, 0.4) is 0 Å². The number of phenols is 1. The number of likely N-dealkylation sites (tertiary alicyclic amines) is 1. The highest BCUT2D eigenvalue weighted by Gasteiger charge is 2.47. The molecule has 1 aliphatic carbocycles. The molecule has 3 amide bonds. The summed E-state index contributed by atoms with van der Waals surface area (Å²) in [5.41, 5.74) is 9.52. The number of rotatable bonds is 6. The second kappa shape index (κ2) is 17.3. The van der Waals surface area contributed by atoms with Crippen LogP contribution < -0.4 is 25.0 Å². The van der Waals surface area contributed by atoms with E-state index in [1.807, 2.05) is 12.1 Å². The van der Waals surface area contributed by atoms with E-state index < -0.39 is 0 Å². The van der Waals surface area contributed by atoms with Gasteiger partial charge < -0.3 is 34.4 Å². The van der Waals surface area contributed by atoms with Gasteiger partial charge in [-0.25, -0.2) is 0 Å². The number of ether oxygens (including phenoxy) is 3. The number of phenolic OH excluding ortho intramolecular Hbond substituents is 1. The monoisotopic (exact) mass is 852 g/mol. The molecule has 6 aliphatic heterocycles. The molecule has 0 bridgehead atoms. The fourth-order valence-corrected chi connectivity index (χ4v) is 11.8.